The smallest absolute Gasteiger partial charge is 0.254 e. The van der Waals surface area contributed by atoms with Gasteiger partial charge in [0.2, 0.25) is 5.91 Å². The highest BCUT2D eigenvalue weighted by molar-refractivity contribution is 5.98. The SMILES string of the molecule is COc1ccc(C(=O)N2CCN(C)CC2)cc1NC(=O)CCCN.Cl.Cl. The maximum Gasteiger partial charge on any atom is 0.254 e. The summed E-state index contributed by atoms with van der Waals surface area (Å²) in [7, 11) is 3.58. The topological polar surface area (TPSA) is 87.9 Å². The molecule has 1 aromatic rings. The van der Waals surface area contributed by atoms with Crippen LogP contribution in [-0.2, 0) is 4.79 Å². The molecule has 0 atom stereocenters. The van der Waals surface area contributed by atoms with Gasteiger partial charge in [-0.2, -0.15) is 0 Å². The maximum atomic E-state index is 12.7. The number of benzene rings is 1. The lowest BCUT2D eigenvalue weighted by molar-refractivity contribution is -0.116. The van der Waals surface area contributed by atoms with Gasteiger partial charge in [-0.1, -0.05) is 0 Å². The Morgan fingerprint density at radius 2 is 1.85 bits per heavy atom. The number of nitrogens with zero attached hydrogens (tertiary/aromatic N) is 2. The molecule has 3 N–H and O–H groups in total. The summed E-state index contributed by atoms with van der Waals surface area (Å²) in [6.45, 7) is 3.61. The molecule has 26 heavy (non-hydrogen) atoms. The quantitative estimate of drug-likeness (QED) is 0.748. The minimum Gasteiger partial charge on any atom is -0.495 e. The fourth-order valence-corrected chi connectivity index (χ4v) is 2.61. The van der Waals surface area contributed by atoms with Crippen molar-refractivity contribution in [1.82, 2.24) is 9.80 Å². The van der Waals surface area contributed by atoms with Gasteiger partial charge in [0, 0.05) is 38.2 Å². The number of halogens is 2. The number of hydrogen-bond donors (Lipinski definition) is 2. The first kappa shape index (κ1) is 24.5. The zero-order valence-electron chi connectivity index (χ0n) is 15.2. The van der Waals surface area contributed by atoms with Crippen molar-refractivity contribution in [3.63, 3.8) is 0 Å². The zero-order chi connectivity index (χ0) is 17.5. The molecule has 148 valence electrons. The number of likely N-dealkylation sites (N-methyl/N-ethyl adjacent to an activating group) is 1. The first-order chi connectivity index (χ1) is 11.5. The Morgan fingerprint density at radius 3 is 2.42 bits per heavy atom. The molecule has 2 amide bonds. The van der Waals surface area contributed by atoms with E-state index in [0.717, 1.165) is 13.1 Å². The van der Waals surface area contributed by atoms with Gasteiger partial charge < -0.3 is 25.6 Å². The fourth-order valence-electron chi connectivity index (χ4n) is 2.61. The summed E-state index contributed by atoms with van der Waals surface area (Å²) in [4.78, 5) is 28.6. The van der Waals surface area contributed by atoms with Crippen LogP contribution < -0.4 is 15.8 Å². The van der Waals surface area contributed by atoms with Gasteiger partial charge in [0.15, 0.2) is 0 Å². The van der Waals surface area contributed by atoms with Crippen molar-refractivity contribution in [1.29, 1.82) is 0 Å². The number of hydrogen-bond acceptors (Lipinski definition) is 5. The van der Waals surface area contributed by atoms with Gasteiger partial charge in [0.1, 0.15) is 5.75 Å². The lowest BCUT2D eigenvalue weighted by Gasteiger charge is -2.32. The van der Waals surface area contributed by atoms with Crippen LogP contribution >= 0.6 is 24.8 Å². The highest BCUT2D eigenvalue weighted by Gasteiger charge is 2.21. The van der Waals surface area contributed by atoms with E-state index in [1.165, 1.54) is 7.11 Å². The normalized spacial score (nSPS) is 14.0. The molecule has 0 saturated carbocycles. The average Bonchev–Trinajstić information content (AvgIpc) is 2.60. The van der Waals surface area contributed by atoms with E-state index in [-0.39, 0.29) is 36.6 Å². The van der Waals surface area contributed by atoms with Gasteiger partial charge >= 0.3 is 0 Å². The number of rotatable bonds is 6. The molecule has 0 radical (unpaired) electrons. The minimum atomic E-state index is -0.136. The number of ether oxygens (including phenoxy) is 1. The van der Waals surface area contributed by atoms with Crippen LogP contribution in [0, 0.1) is 0 Å². The van der Waals surface area contributed by atoms with Crippen LogP contribution in [0.3, 0.4) is 0 Å². The summed E-state index contributed by atoms with van der Waals surface area (Å²) in [5, 5.41) is 2.80. The number of nitrogens with two attached hydrogens (primary N) is 1. The number of carbonyl (C=O) groups excluding carboxylic acids is 2. The maximum absolute atomic E-state index is 12.7. The van der Waals surface area contributed by atoms with Crippen molar-refractivity contribution >= 4 is 42.3 Å². The van der Waals surface area contributed by atoms with Crippen molar-refractivity contribution in [2.75, 3.05) is 52.2 Å². The van der Waals surface area contributed by atoms with Crippen molar-refractivity contribution in [3.05, 3.63) is 23.8 Å². The Bertz CT molecular complexity index is 593. The van der Waals surface area contributed by atoms with Crippen LogP contribution in [0.4, 0.5) is 5.69 Å². The van der Waals surface area contributed by atoms with Crippen LogP contribution in [0.25, 0.3) is 0 Å². The molecule has 1 heterocycles. The Balaban J connectivity index is 0.00000312. The summed E-state index contributed by atoms with van der Waals surface area (Å²) in [6.07, 6.45) is 0.963. The number of methoxy groups -OCH3 is 1. The molecule has 7 nitrogen and oxygen atoms in total. The van der Waals surface area contributed by atoms with Crippen LogP contribution in [0.15, 0.2) is 18.2 Å². The molecule has 0 bridgehead atoms. The van der Waals surface area contributed by atoms with Crippen molar-refractivity contribution in [3.8, 4) is 5.75 Å². The van der Waals surface area contributed by atoms with E-state index in [1.54, 1.807) is 18.2 Å². The van der Waals surface area contributed by atoms with E-state index in [9.17, 15) is 9.59 Å². The first-order valence-electron chi connectivity index (χ1n) is 8.21. The summed E-state index contributed by atoms with van der Waals surface area (Å²) >= 11 is 0. The van der Waals surface area contributed by atoms with Gasteiger partial charge in [0.05, 0.1) is 12.8 Å². The van der Waals surface area contributed by atoms with Crippen molar-refractivity contribution < 1.29 is 14.3 Å². The fraction of sp³-hybridized carbons (Fsp3) is 0.529. The van der Waals surface area contributed by atoms with Crippen LogP contribution in [0.2, 0.25) is 0 Å². The van der Waals surface area contributed by atoms with Gasteiger partial charge in [-0.15, -0.1) is 24.8 Å². The molecule has 2 rings (SSSR count). The van der Waals surface area contributed by atoms with E-state index in [1.807, 2.05) is 11.9 Å². The number of nitrogens with one attached hydrogen (secondary N) is 1. The Morgan fingerprint density at radius 1 is 1.19 bits per heavy atom. The highest BCUT2D eigenvalue weighted by atomic mass is 35.5. The molecular weight excluding hydrogens is 379 g/mol. The molecule has 1 aromatic carbocycles. The molecular formula is C17H28Cl2N4O3. The van der Waals surface area contributed by atoms with Crippen LogP contribution in [-0.4, -0.2) is 68.5 Å². The predicted octanol–water partition coefficient (Wildman–Crippen LogP) is 1.60. The van der Waals surface area contributed by atoms with Crippen LogP contribution in [0.5, 0.6) is 5.75 Å². The number of anilines is 1. The Labute approximate surface area is 167 Å². The number of amides is 2. The molecule has 0 unspecified atom stereocenters. The minimum absolute atomic E-state index is 0. The molecule has 0 spiro atoms. The zero-order valence-corrected chi connectivity index (χ0v) is 16.8. The third-order valence-electron chi connectivity index (χ3n) is 4.12. The van der Waals surface area contributed by atoms with Crippen LogP contribution in [0.1, 0.15) is 23.2 Å². The van der Waals surface area contributed by atoms with Crippen molar-refractivity contribution in [2.45, 2.75) is 12.8 Å². The second kappa shape index (κ2) is 12.0. The lowest BCUT2D eigenvalue weighted by Crippen LogP contribution is -2.47. The molecule has 1 aliphatic rings. The van der Waals surface area contributed by atoms with Gasteiger partial charge in [-0.05, 0) is 38.2 Å². The molecule has 9 heteroatoms. The van der Waals surface area contributed by atoms with Gasteiger partial charge in [0.25, 0.3) is 5.91 Å². The summed E-state index contributed by atoms with van der Waals surface area (Å²) in [5.41, 5.74) is 6.49. The third kappa shape index (κ3) is 6.64. The highest BCUT2D eigenvalue weighted by Crippen LogP contribution is 2.26. The second-order valence-corrected chi connectivity index (χ2v) is 5.95. The molecule has 1 fully saturated rings. The number of carbonyl (C=O) groups is 2. The summed E-state index contributed by atoms with van der Waals surface area (Å²) < 4.78 is 5.27. The van der Waals surface area contributed by atoms with E-state index >= 15 is 0 Å². The molecule has 0 aliphatic carbocycles. The van der Waals surface area contributed by atoms with Crippen molar-refractivity contribution in [2.24, 2.45) is 5.73 Å². The Hall–Kier alpha value is -1.54. The molecule has 1 saturated heterocycles. The van der Waals surface area contributed by atoms with E-state index in [2.05, 4.69) is 10.2 Å². The summed E-state index contributed by atoms with van der Waals surface area (Å²) in [5.74, 6) is 0.372. The largest absolute Gasteiger partial charge is 0.495 e. The monoisotopic (exact) mass is 406 g/mol. The van der Waals surface area contributed by atoms with E-state index in [0.29, 0.717) is 49.5 Å². The standard InChI is InChI=1S/C17H26N4O3.2ClH/c1-20-8-10-21(11-9-20)17(23)13-5-6-15(24-2)14(12-13)19-16(22)4-3-7-18;;/h5-6,12H,3-4,7-11,18H2,1-2H3,(H,19,22);2*1H. The third-order valence-corrected chi connectivity index (χ3v) is 4.12. The Kier molecular flexibility index (Phi) is 11.2. The average molecular weight is 407 g/mol. The molecule has 1 aliphatic heterocycles. The van der Waals surface area contributed by atoms with E-state index in [4.69, 9.17) is 10.5 Å². The second-order valence-electron chi connectivity index (χ2n) is 5.95. The first-order valence-corrected chi connectivity index (χ1v) is 8.21. The van der Waals surface area contributed by atoms with E-state index < -0.39 is 0 Å². The number of piperazine rings is 1. The summed E-state index contributed by atoms with van der Waals surface area (Å²) in [6, 6.07) is 5.12. The molecule has 0 aromatic heterocycles. The van der Waals surface area contributed by atoms with Gasteiger partial charge in [-0.3, -0.25) is 9.59 Å². The predicted molar refractivity (Wildman–Crippen MR) is 108 cm³/mol. The van der Waals surface area contributed by atoms with Gasteiger partial charge in [-0.25, -0.2) is 0 Å². The lowest BCUT2D eigenvalue weighted by atomic mass is 10.1.